The number of amides is 1. The molecule has 4 rings (SSSR count). The molecule has 1 amide bonds. The number of hydrazone groups is 1. The van der Waals surface area contributed by atoms with E-state index in [1.807, 2.05) is 36.4 Å². The van der Waals surface area contributed by atoms with Gasteiger partial charge in [-0.05, 0) is 42.4 Å². The van der Waals surface area contributed by atoms with Gasteiger partial charge in [-0.25, -0.2) is 10.4 Å². The molecule has 0 spiro atoms. The van der Waals surface area contributed by atoms with E-state index in [-0.39, 0.29) is 18.0 Å². The first-order valence-electron chi connectivity index (χ1n) is 9.65. The normalized spacial score (nSPS) is 16.5. The van der Waals surface area contributed by atoms with Gasteiger partial charge in [-0.1, -0.05) is 43.3 Å². The summed E-state index contributed by atoms with van der Waals surface area (Å²) in [6, 6.07) is 9.80. The molecule has 2 aromatic heterocycles. The molecular weight excluding hydrogens is 384 g/mol. The number of nitrogens with zero attached hydrogens (tertiary/aromatic N) is 3. The summed E-state index contributed by atoms with van der Waals surface area (Å²) in [7, 11) is 0. The quantitative estimate of drug-likeness (QED) is 0.521. The van der Waals surface area contributed by atoms with Gasteiger partial charge < -0.3 is 0 Å². The summed E-state index contributed by atoms with van der Waals surface area (Å²) < 4.78 is 1.36. The average Bonchev–Trinajstić information content (AvgIpc) is 3.09. The van der Waals surface area contributed by atoms with Crippen molar-refractivity contribution in [1.29, 1.82) is 0 Å². The van der Waals surface area contributed by atoms with Gasteiger partial charge in [-0.3, -0.25) is 14.2 Å². The fourth-order valence-corrected chi connectivity index (χ4v) is 4.88. The highest BCUT2D eigenvalue weighted by atomic mass is 32.1. The predicted octanol–water partition coefficient (Wildman–Crippen LogP) is 3.40. The van der Waals surface area contributed by atoms with Crippen LogP contribution < -0.4 is 11.0 Å². The van der Waals surface area contributed by atoms with Gasteiger partial charge in [0.15, 0.2) is 0 Å². The zero-order chi connectivity index (χ0) is 20.2. The Bertz CT molecular complexity index is 1140. The van der Waals surface area contributed by atoms with Gasteiger partial charge in [0.2, 0.25) is 0 Å². The Balaban J connectivity index is 1.43. The smallest absolute Gasteiger partial charge is 0.262 e. The number of hydrogen-bond donors (Lipinski definition) is 1. The monoisotopic (exact) mass is 406 g/mol. The standard InChI is InChI=1S/C22H22N4O2S/c1-15-9-10-17-18(12-15)29-21-20(17)22(28)26(14-23-21)13-19(27)25-24-11-5-8-16-6-3-2-4-7-16/h2-8,11,14-15H,9-10,12-13H2,1H3,(H,25,27)/b8-5+,24-11+/t15-/m1/s1. The van der Waals surface area contributed by atoms with Crippen LogP contribution in [0.2, 0.25) is 0 Å². The highest BCUT2D eigenvalue weighted by Crippen LogP contribution is 2.35. The zero-order valence-corrected chi connectivity index (χ0v) is 17.0. The van der Waals surface area contributed by atoms with Crippen molar-refractivity contribution >= 4 is 39.8 Å². The van der Waals surface area contributed by atoms with E-state index in [1.54, 1.807) is 17.4 Å². The average molecular weight is 407 g/mol. The molecule has 0 bridgehead atoms. The van der Waals surface area contributed by atoms with Crippen molar-refractivity contribution in [3.05, 3.63) is 69.1 Å². The molecule has 0 fully saturated rings. The molecule has 0 saturated carbocycles. The molecule has 1 aromatic carbocycles. The summed E-state index contributed by atoms with van der Waals surface area (Å²) in [6.45, 7) is 2.13. The van der Waals surface area contributed by atoms with Gasteiger partial charge in [-0.15, -0.1) is 11.3 Å². The third kappa shape index (κ3) is 4.35. The molecule has 148 valence electrons. The fourth-order valence-electron chi connectivity index (χ4n) is 3.54. The fraction of sp³-hybridized carbons (Fsp3) is 0.273. The lowest BCUT2D eigenvalue weighted by atomic mass is 9.89. The maximum Gasteiger partial charge on any atom is 0.262 e. The summed E-state index contributed by atoms with van der Waals surface area (Å²) in [4.78, 5) is 31.5. The Hall–Kier alpha value is -3.06. The molecule has 29 heavy (non-hydrogen) atoms. The first-order valence-corrected chi connectivity index (χ1v) is 10.5. The number of carbonyl (C=O) groups excluding carboxylic acids is 1. The number of nitrogens with one attached hydrogen (secondary N) is 1. The summed E-state index contributed by atoms with van der Waals surface area (Å²) >= 11 is 1.61. The molecule has 2 heterocycles. The minimum atomic E-state index is -0.365. The second-order valence-electron chi connectivity index (χ2n) is 7.29. The van der Waals surface area contributed by atoms with Crippen LogP contribution in [0.25, 0.3) is 16.3 Å². The lowest BCUT2D eigenvalue weighted by Gasteiger charge is -2.17. The van der Waals surface area contributed by atoms with Crippen molar-refractivity contribution in [2.75, 3.05) is 0 Å². The number of thiophene rings is 1. The van der Waals surface area contributed by atoms with Gasteiger partial charge >= 0.3 is 0 Å². The molecule has 7 heteroatoms. The number of carbonyl (C=O) groups is 1. The van der Waals surface area contributed by atoms with E-state index >= 15 is 0 Å². The molecule has 6 nitrogen and oxygen atoms in total. The molecule has 1 aliphatic carbocycles. The van der Waals surface area contributed by atoms with Gasteiger partial charge in [0, 0.05) is 11.1 Å². The Morgan fingerprint density at radius 2 is 2.21 bits per heavy atom. The van der Waals surface area contributed by atoms with Crippen LogP contribution in [0.4, 0.5) is 0 Å². The Morgan fingerprint density at radius 1 is 1.38 bits per heavy atom. The zero-order valence-electron chi connectivity index (χ0n) is 16.2. The minimum Gasteiger partial charge on any atom is -0.289 e. The van der Waals surface area contributed by atoms with Crippen molar-refractivity contribution in [1.82, 2.24) is 15.0 Å². The lowest BCUT2D eigenvalue weighted by Crippen LogP contribution is -2.30. The number of allylic oxidation sites excluding steroid dienone is 1. The maximum atomic E-state index is 12.9. The SMILES string of the molecule is C[C@@H]1CCc2c(sc3ncn(CC(=O)N/N=C/C=C/c4ccccc4)c(=O)c23)C1. The summed E-state index contributed by atoms with van der Waals surface area (Å²) in [5.74, 6) is 0.271. The van der Waals surface area contributed by atoms with E-state index in [2.05, 4.69) is 22.4 Å². The van der Waals surface area contributed by atoms with Crippen molar-refractivity contribution in [3.63, 3.8) is 0 Å². The summed E-state index contributed by atoms with van der Waals surface area (Å²) in [5.41, 5.74) is 4.47. The minimum absolute atomic E-state index is 0.109. The number of aryl methyl sites for hydroxylation is 1. The number of fused-ring (bicyclic) bond motifs is 3. The first kappa shape index (κ1) is 19.3. The van der Waals surface area contributed by atoms with Crippen LogP contribution in [0.15, 0.2) is 52.6 Å². The Kier molecular flexibility index (Phi) is 5.67. The topological polar surface area (TPSA) is 76.3 Å². The van der Waals surface area contributed by atoms with Crippen molar-refractivity contribution in [2.24, 2.45) is 11.0 Å². The van der Waals surface area contributed by atoms with E-state index < -0.39 is 0 Å². The third-order valence-electron chi connectivity index (χ3n) is 5.03. The lowest BCUT2D eigenvalue weighted by molar-refractivity contribution is -0.121. The second kappa shape index (κ2) is 8.53. The van der Waals surface area contributed by atoms with Crippen molar-refractivity contribution in [2.45, 2.75) is 32.7 Å². The van der Waals surface area contributed by atoms with E-state index in [0.29, 0.717) is 11.3 Å². The van der Waals surface area contributed by atoms with Gasteiger partial charge in [0.1, 0.15) is 11.4 Å². The highest BCUT2D eigenvalue weighted by Gasteiger charge is 2.23. The molecule has 0 aliphatic heterocycles. The molecule has 0 saturated heterocycles. The molecule has 1 aliphatic rings. The molecule has 1 N–H and O–H groups in total. The summed E-state index contributed by atoms with van der Waals surface area (Å²) in [5, 5.41) is 4.58. The molecule has 0 radical (unpaired) electrons. The number of rotatable bonds is 5. The number of aromatic nitrogens is 2. The van der Waals surface area contributed by atoms with Crippen LogP contribution in [0.3, 0.4) is 0 Å². The largest absolute Gasteiger partial charge is 0.289 e. The molecule has 3 aromatic rings. The predicted molar refractivity (Wildman–Crippen MR) is 117 cm³/mol. The van der Waals surface area contributed by atoms with Gasteiger partial charge in [0.25, 0.3) is 11.5 Å². The van der Waals surface area contributed by atoms with Crippen LogP contribution in [-0.2, 0) is 24.2 Å². The number of hydrogen-bond acceptors (Lipinski definition) is 5. The van der Waals surface area contributed by atoms with E-state index in [9.17, 15) is 9.59 Å². The van der Waals surface area contributed by atoms with E-state index in [1.165, 1.54) is 22.0 Å². The Morgan fingerprint density at radius 3 is 3.03 bits per heavy atom. The van der Waals surface area contributed by atoms with E-state index in [4.69, 9.17) is 0 Å². The summed E-state index contributed by atoms with van der Waals surface area (Å²) in [6.07, 6.45) is 9.58. The van der Waals surface area contributed by atoms with Crippen molar-refractivity contribution in [3.8, 4) is 0 Å². The molecule has 0 unspecified atom stereocenters. The number of benzene rings is 1. The van der Waals surface area contributed by atoms with Crippen LogP contribution in [0, 0.1) is 5.92 Å². The van der Waals surface area contributed by atoms with Crippen LogP contribution in [0.1, 0.15) is 29.3 Å². The highest BCUT2D eigenvalue weighted by molar-refractivity contribution is 7.18. The molecular formula is C22H22N4O2S. The van der Waals surface area contributed by atoms with E-state index in [0.717, 1.165) is 35.2 Å². The van der Waals surface area contributed by atoms with Crippen molar-refractivity contribution < 1.29 is 4.79 Å². The third-order valence-corrected chi connectivity index (χ3v) is 6.20. The molecule has 1 atom stereocenters. The maximum absolute atomic E-state index is 12.9. The van der Waals surface area contributed by atoms with Crippen LogP contribution in [-0.4, -0.2) is 21.7 Å². The second-order valence-corrected chi connectivity index (χ2v) is 8.38. The van der Waals surface area contributed by atoms with Gasteiger partial charge in [-0.2, -0.15) is 5.10 Å². The Labute approximate surface area is 172 Å². The van der Waals surface area contributed by atoms with Gasteiger partial charge in [0.05, 0.1) is 11.7 Å². The van der Waals surface area contributed by atoms with Crippen LogP contribution in [0.5, 0.6) is 0 Å². The first-order chi connectivity index (χ1) is 14.1. The van der Waals surface area contributed by atoms with Crippen LogP contribution >= 0.6 is 11.3 Å².